The summed E-state index contributed by atoms with van der Waals surface area (Å²) in [6.45, 7) is 4.53. The average molecular weight is 405 g/mol. The van der Waals surface area contributed by atoms with E-state index in [9.17, 15) is 0 Å². The van der Waals surface area contributed by atoms with Crippen molar-refractivity contribution < 1.29 is 0 Å². The zero-order chi connectivity index (χ0) is 17.9. The Hall–Kier alpha value is -1.18. The Bertz CT molecular complexity index is 831. The molecule has 0 aliphatic heterocycles. The first kappa shape index (κ1) is 18.2. The van der Waals surface area contributed by atoms with Crippen LogP contribution in [0.15, 0.2) is 28.0 Å². The molecule has 4 rings (SSSR count). The second kappa shape index (κ2) is 8.23. The molecular weight excluding hydrogens is 380 g/mol. The Balaban J connectivity index is 1.41. The van der Waals surface area contributed by atoms with E-state index in [-0.39, 0.29) is 0 Å². The van der Waals surface area contributed by atoms with E-state index in [1.165, 1.54) is 34.8 Å². The highest BCUT2D eigenvalue weighted by Gasteiger charge is 2.29. The molecule has 4 nitrogen and oxygen atoms in total. The number of nitrogens with zero attached hydrogens (tertiary/aromatic N) is 4. The van der Waals surface area contributed by atoms with Crippen molar-refractivity contribution in [2.75, 3.05) is 0 Å². The van der Waals surface area contributed by atoms with Crippen molar-refractivity contribution in [1.82, 2.24) is 19.7 Å². The molecule has 3 aromatic rings. The summed E-state index contributed by atoms with van der Waals surface area (Å²) < 4.78 is 2.37. The molecule has 138 valence electrons. The number of hydrogen-bond donors (Lipinski definition) is 0. The molecule has 1 aliphatic rings. The van der Waals surface area contributed by atoms with Gasteiger partial charge in [-0.1, -0.05) is 31.7 Å². The van der Waals surface area contributed by atoms with E-state index in [1.54, 1.807) is 34.4 Å². The molecule has 3 aromatic heterocycles. The summed E-state index contributed by atoms with van der Waals surface area (Å²) in [5.41, 5.74) is 1.17. The maximum atomic E-state index is 4.80. The van der Waals surface area contributed by atoms with Crippen LogP contribution in [0.25, 0.3) is 0 Å². The summed E-state index contributed by atoms with van der Waals surface area (Å²) in [6, 6.07) is 4.88. The smallest absolute Gasteiger partial charge is 0.191 e. The van der Waals surface area contributed by atoms with Crippen LogP contribution < -0.4 is 0 Å². The fraction of sp³-hybridized carbons (Fsp3) is 0.526. The highest BCUT2D eigenvalue weighted by atomic mass is 32.2. The molecule has 0 atom stereocenters. The standard InChI is InChI=1S/C19H24N4S3/c1-13(2)5-8-18-20-14(11-25-18)12-26-19-22-21-17(23(19)15-6-7-15)10-16-4-3-9-24-16/h3-4,9,11,13,15H,5-8,10,12H2,1-2H3. The van der Waals surface area contributed by atoms with Gasteiger partial charge in [0, 0.05) is 28.5 Å². The Morgan fingerprint density at radius 1 is 1.27 bits per heavy atom. The minimum atomic E-state index is 0.597. The van der Waals surface area contributed by atoms with Gasteiger partial charge >= 0.3 is 0 Å². The minimum absolute atomic E-state index is 0.597. The molecule has 0 bridgehead atoms. The molecule has 7 heteroatoms. The molecule has 0 radical (unpaired) electrons. The summed E-state index contributed by atoms with van der Waals surface area (Å²) in [5.74, 6) is 2.71. The van der Waals surface area contributed by atoms with Gasteiger partial charge in [0.05, 0.1) is 10.7 Å². The van der Waals surface area contributed by atoms with Gasteiger partial charge < -0.3 is 4.57 Å². The second-order valence-corrected chi connectivity index (χ2v) is 10.1. The Kier molecular flexibility index (Phi) is 5.76. The van der Waals surface area contributed by atoms with Gasteiger partial charge in [-0.3, -0.25) is 0 Å². The van der Waals surface area contributed by atoms with Gasteiger partial charge in [-0.15, -0.1) is 32.9 Å². The molecule has 0 unspecified atom stereocenters. The van der Waals surface area contributed by atoms with Crippen LogP contribution in [0.3, 0.4) is 0 Å². The molecule has 0 N–H and O–H groups in total. The van der Waals surface area contributed by atoms with E-state index in [2.05, 4.69) is 51.5 Å². The van der Waals surface area contributed by atoms with Gasteiger partial charge in [0.1, 0.15) is 5.82 Å². The van der Waals surface area contributed by atoms with E-state index in [1.807, 2.05) is 0 Å². The van der Waals surface area contributed by atoms with E-state index in [4.69, 9.17) is 4.98 Å². The van der Waals surface area contributed by atoms with Crippen molar-refractivity contribution in [2.45, 2.75) is 62.9 Å². The summed E-state index contributed by atoms with van der Waals surface area (Å²) in [6.07, 6.45) is 5.69. The molecule has 1 aliphatic carbocycles. The predicted octanol–water partition coefficient (Wildman–Crippen LogP) is 5.60. The largest absolute Gasteiger partial charge is 0.303 e. The van der Waals surface area contributed by atoms with Crippen molar-refractivity contribution in [3.05, 3.63) is 44.3 Å². The zero-order valence-electron chi connectivity index (χ0n) is 15.2. The van der Waals surface area contributed by atoms with Crippen molar-refractivity contribution in [2.24, 2.45) is 5.92 Å². The third-order valence-corrected chi connectivity index (χ3v) is 7.25. The van der Waals surface area contributed by atoms with E-state index >= 15 is 0 Å². The lowest BCUT2D eigenvalue weighted by atomic mass is 10.1. The monoisotopic (exact) mass is 404 g/mol. The maximum Gasteiger partial charge on any atom is 0.191 e. The fourth-order valence-electron chi connectivity index (χ4n) is 2.88. The highest BCUT2D eigenvalue weighted by molar-refractivity contribution is 7.98. The highest BCUT2D eigenvalue weighted by Crippen LogP contribution is 2.39. The lowest BCUT2D eigenvalue weighted by Crippen LogP contribution is -2.03. The lowest BCUT2D eigenvalue weighted by Gasteiger charge is -2.07. The first-order valence-corrected chi connectivity index (χ1v) is 12.0. The van der Waals surface area contributed by atoms with Crippen LogP contribution >= 0.6 is 34.4 Å². The summed E-state index contributed by atoms with van der Waals surface area (Å²) in [4.78, 5) is 6.15. The van der Waals surface area contributed by atoms with Gasteiger partial charge in [-0.25, -0.2) is 4.98 Å². The second-order valence-electron chi connectivity index (χ2n) is 7.21. The lowest BCUT2D eigenvalue weighted by molar-refractivity contribution is 0.585. The van der Waals surface area contributed by atoms with Crippen molar-refractivity contribution in [1.29, 1.82) is 0 Å². The fourth-order valence-corrected chi connectivity index (χ4v) is 5.41. The molecule has 0 saturated heterocycles. The molecular formula is C19H24N4S3. The third kappa shape index (κ3) is 4.56. The average Bonchev–Trinajstić information content (AvgIpc) is 3.03. The molecule has 26 heavy (non-hydrogen) atoms. The maximum absolute atomic E-state index is 4.80. The van der Waals surface area contributed by atoms with Gasteiger partial charge in [-0.05, 0) is 43.0 Å². The first-order valence-electron chi connectivity index (χ1n) is 9.21. The number of rotatable bonds is 9. The van der Waals surface area contributed by atoms with E-state index < -0.39 is 0 Å². The molecule has 1 saturated carbocycles. The Morgan fingerprint density at radius 3 is 2.88 bits per heavy atom. The van der Waals surface area contributed by atoms with Gasteiger partial charge in [-0.2, -0.15) is 0 Å². The van der Waals surface area contributed by atoms with E-state index in [0.29, 0.717) is 6.04 Å². The topological polar surface area (TPSA) is 43.6 Å². The van der Waals surface area contributed by atoms with Crippen molar-refractivity contribution >= 4 is 34.4 Å². The summed E-state index contributed by atoms with van der Waals surface area (Å²) in [7, 11) is 0. The number of aryl methyl sites for hydroxylation is 1. The molecule has 3 heterocycles. The van der Waals surface area contributed by atoms with Crippen LogP contribution in [-0.4, -0.2) is 19.7 Å². The number of thiophene rings is 1. The summed E-state index contributed by atoms with van der Waals surface area (Å²) >= 11 is 5.36. The normalized spacial score (nSPS) is 14.4. The molecule has 1 fully saturated rings. The third-order valence-electron chi connectivity index (χ3n) is 4.44. The van der Waals surface area contributed by atoms with Crippen LogP contribution in [0.1, 0.15) is 60.6 Å². The van der Waals surface area contributed by atoms with Crippen LogP contribution in [0.4, 0.5) is 0 Å². The number of hydrogen-bond acceptors (Lipinski definition) is 6. The van der Waals surface area contributed by atoms with Gasteiger partial charge in [0.2, 0.25) is 0 Å². The summed E-state index contributed by atoms with van der Waals surface area (Å²) in [5, 5.41) is 15.6. The van der Waals surface area contributed by atoms with Crippen LogP contribution in [0.5, 0.6) is 0 Å². The Morgan fingerprint density at radius 2 is 2.15 bits per heavy atom. The Labute approximate surface area is 167 Å². The molecule has 0 spiro atoms. The first-order chi connectivity index (χ1) is 12.7. The van der Waals surface area contributed by atoms with Gasteiger partial charge in [0.25, 0.3) is 0 Å². The van der Waals surface area contributed by atoms with Gasteiger partial charge in [0.15, 0.2) is 5.16 Å². The molecule has 0 aromatic carbocycles. The van der Waals surface area contributed by atoms with Crippen LogP contribution in [0, 0.1) is 5.92 Å². The molecule has 0 amide bonds. The van der Waals surface area contributed by atoms with E-state index in [0.717, 1.165) is 35.5 Å². The van der Waals surface area contributed by atoms with Crippen molar-refractivity contribution in [3.8, 4) is 0 Å². The zero-order valence-corrected chi connectivity index (χ0v) is 17.7. The van der Waals surface area contributed by atoms with Crippen LogP contribution in [0.2, 0.25) is 0 Å². The minimum Gasteiger partial charge on any atom is -0.303 e. The van der Waals surface area contributed by atoms with Crippen LogP contribution in [-0.2, 0) is 18.6 Å². The number of thiazole rings is 1. The SMILES string of the molecule is CC(C)CCc1nc(CSc2nnc(Cc3cccs3)n2C2CC2)cs1. The number of aromatic nitrogens is 4. The predicted molar refractivity (Wildman–Crippen MR) is 110 cm³/mol. The van der Waals surface area contributed by atoms with Crippen molar-refractivity contribution in [3.63, 3.8) is 0 Å². The number of thioether (sulfide) groups is 1. The quantitative estimate of drug-likeness (QED) is 0.435.